The monoisotopic (exact) mass is 314 g/mol. The van der Waals surface area contributed by atoms with Crippen molar-refractivity contribution in [3.63, 3.8) is 0 Å². The molecule has 4 N–H and O–H groups in total. The largest absolute Gasteiger partial charge is 1.00 e. The summed E-state index contributed by atoms with van der Waals surface area (Å²) in [5.41, 5.74) is 0. The molecular weight excluding hydrogens is 300 g/mol. The Morgan fingerprint density at radius 1 is 0.500 bits per heavy atom. The molecule has 8 heavy (non-hydrogen) atoms. The van der Waals surface area contributed by atoms with Crippen LogP contribution in [0.2, 0.25) is 0 Å². The van der Waals surface area contributed by atoms with Gasteiger partial charge in [-0.3, -0.25) is 0 Å². The van der Waals surface area contributed by atoms with Gasteiger partial charge in [-0.25, -0.2) is 0 Å². The van der Waals surface area contributed by atoms with Gasteiger partial charge in [-0.2, -0.15) is 0 Å². The van der Waals surface area contributed by atoms with Crippen molar-refractivity contribution in [1.29, 1.82) is 0 Å². The maximum atomic E-state index is 0. The SMILES string of the molecule is C.C.C.O.[Ag+].[Ag+].[OH-].[OH-]. The van der Waals surface area contributed by atoms with Crippen molar-refractivity contribution >= 4 is 0 Å². The van der Waals surface area contributed by atoms with Gasteiger partial charge in [0.1, 0.15) is 0 Å². The van der Waals surface area contributed by atoms with E-state index in [1.54, 1.807) is 0 Å². The Hall–Kier alpha value is 1.36. The quantitative estimate of drug-likeness (QED) is 0.616. The van der Waals surface area contributed by atoms with E-state index in [0.29, 0.717) is 0 Å². The van der Waals surface area contributed by atoms with Crippen LogP contribution in [0.25, 0.3) is 0 Å². The van der Waals surface area contributed by atoms with Crippen LogP contribution in [0.4, 0.5) is 0 Å². The fraction of sp³-hybridized carbons (Fsp3) is 1.00. The fourth-order valence-corrected chi connectivity index (χ4v) is 0. The van der Waals surface area contributed by atoms with Crippen molar-refractivity contribution in [2.45, 2.75) is 22.3 Å². The number of hydrogen-bond acceptors (Lipinski definition) is 2. The molecule has 0 amide bonds. The third-order valence-electron chi connectivity index (χ3n) is 0. The topological polar surface area (TPSA) is 91.5 Å². The second-order valence-corrected chi connectivity index (χ2v) is 0. The molecule has 0 aromatic rings. The van der Waals surface area contributed by atoms with Crippen LogP contribution in [-0.4, -0.2) is 16.4 Å². The molecule has 0 radical (unpaired) electrons. The Morgan fingerprint density at radius 2 is 0.500 bits per heavy atom. The first-order valence-electron chi connectivity index (χ1n) is 0. The van der Waals surface area contributed by atoms with Crippen LogP contribution in [-0.2, 0) is 44.8 Å². The Kier molecular flexibility index (Phi) is 10800. The van der Waals surface area contributed by atoms with Crippen molar-refractivity contribution in [3.05, 3.63) is 0 Å². The molecule has 0 aliphatic carbocycles. The van der Waals surface area contributed by atoms with Gasteiger partial charge >= 0.3 is 44.8 Å². The molecule has 0 unspecified atom stereocenters. The van der Waals surface area contributed by atoms with Crippen LogP contribution in [0.5, 0.6) is 0 Å². The van der Waals surface area contributed by atoms with E-state index in [-0.39, 0.29) is 83.5 Å². The molecule has 0 spiro atoms. The molecule has 0 aliphatic heterocycles. The summed E-state index contributed by atoms with van der Waals surface area (Å²) in [7, 11) is 0. The minimum absolute atomic E-state index is 0. The van der Waals surface area contributed by atoms with E-state index in [9.17, 15) is 0 Å². The smallest absolute Gasteiger partial charge is 0.870 e. The maximum absolute atomic E-state index is 0. The Labute approximate surface area is 83.2 Å². The zero-order valence-electron chi connectivity index (χ0n) is 2.00. The van der Waals surface area contributed by atoms with Gasteiger partial charge in [0.25, 0.3) is 0 Å². The Balaban J connectivity index is 0. The first-order chi connectivity index (χ1) is 0. The van der Waals surface area contributed by atoms with E-state index in [4.69, 9.17) is 0 Å². The van der Waals surface area contributed by atoms with E-state index < -0.39 is 0 Å². The van der Waals surface area contributed by atoms with Crippen molar-refractivity contribution in [3.8, 4) is 0 Å². The molecule has 0 heterocycles. The van der Waals surface area contributed by atoms with E-state index in [1.807, 2.05) is 0 Å². The summed E-state index contributed by atoms with van der Waals surface area (Å²) in [6.45, 7) is 0. The van der Waals surface area contributed by atoms with E-state index in [0.717, 1.165) is 0 Å². The third kappa shape index (κ3) is 161. The van der Waals surface area contributed by atoms with Crippen LogP contribution in [0, 0.1) is 0 Å². The molecule has 0 saturated heterocycles. The first-order valence-corrected chi connectivity index (χ1v) is 0. The minimum atomic E-state index is 0. The summed E-state index contributed by atoms with van der Waals surface area (Å²) in [5, 5.41) is 0. The zero-order valence-corrected chi connectivity index (χ0v) is 4.96. The van der Waals surface area contributed by atoms with Crippen molar-refractivity contribution < 1.29 is 61.2 Å². The van der Waals surface area contributed by atoms with Crippen molar-refractivity contribution in [2.75, 3.05) is 0 Å². The summed E-state index contributed by atoms with van der Waals surface area (Å²) < 4.78 is 0. The summed E-state index contributed by atoms with van der Waals surface area (Å²) >= 11 is 0. The van der Waals surface area contributed by atoms with E-state index in [2.05, 4.69) is 0 Å². The molecule has 68 valence electrons. The second-order valence-electron chi connectivity index (χ2n) is 0. The predicted molar refractivity (Wildman–Crippen MR) is 27.7 cm³/mol. The van der Waals surface area contributed by atoms with Crippen molar-refractivity contribution in [2.24, 2.45) is 0 Å². The Morgan fingerprint density at radius 3 is 0.500 bits per heavy atom. The number of hydrogen-bond donors (Lipinski definition) is 0. The molecule has 0 bridgehead atoms. The van der Waals surface area contributed by atoms with Crippen molar-refractivity contribution in [1.82, 2.24) is 0 Å². The minimum Gasteiger partial charge on any atom is -0.870 e. The van der Waals surface area contributed by atoms with Crippen LogP contribution in [0.1, 0.15) is 22.3 Å². The standard InChI is InChI=1S/3CH4.2Ag.3H2O/h3*1H4;;;3*1H2/q;;;2*+1;;;/p-2. The third-order valence-corrected chi connectivity index (χ3v) is 0. The van der Waals surface area contributed by atoms with Gasteiger partial charge in [0.2, 0.25) is 0 Å². The van der Waals surface area contributed by atoms with Gasteiger partial charge in [-0.15, -0.1) is 0 Å². The summed E-state index contributed by atoms with van der Waals surface area (Å²) in [6.07, 6.45) is 0. The normalized spacial score (nSPS) is 0. The van der Waals surface area contributed by atoms with Crippen LogP contribution in [0.3, 0.4) is 0 Å². The fourth-order valence-electron chi connectivity index (χ4n) is 0. The van der Waals surface area contributed by atoms with Gasteiger partial charge in [0.05, 0.1) is 0 Å². The van der Waals surface area contributed by atoms with Crippen LogP contribution < -0.4 is 0 Å². The molecular formula is C3H16Ag2O3. The van der Waals surface area contributed by atoms with Gasteiger partial charge in [0.15, 0.2) is 0 Å². The predicted octanol–water partition coefficient (Wildman–Crippen LogP) is 0.725. The molecule has 0 saturated carbocycles. The molecule has 0 aliphatic rings. The maximum Gasteiger partial charge on any atom is 1.00 e. The molecule has 5 heteroatoms. The van der Waals surface area contributed by atoms with E-state index in [1.165, 1.54) is 0 Å². The van der Waals surface area contributed by atoms with Gasteiger partial charge in [0, 0.05) is 0 Å². The molecule has 3 nitrogen and oxygen atoms in total. The summed E-state index contributed by atoms with van der Waals surface area (Å²) in [4.78, 5) is 0. The molecule has 0 rings (SSSR count). The zero-order chi connectivity index (χ0) is 0. The second kappa shape index (κ2) is 245. The molecule has 0 atom stereocenters. The van der Waals surface area contributed by atoms with Crippen LogP contribution >= 0.6 is 0 Å². The Bertz CT molecular complexity index is 12.5. The van der Waals surface area contributed by atoms with Gasteiger partial charge in [-0.05, 0) is 0 Å². The summed E-state index contributed by atoms with van der Waals surface area (Å²) in [6, 6.07) is 0. The summed E-state index contributed by atoms with van der Waals surface area (Å²) in [5.74, 6) is 0. The van der Waals surface area contributed by atoms with Gasteiger partial charge < -0.3 is 16.4 Å². The molecule has 0 aromatic carbocycles. The average Bonchev–Trinajstić information content (AvgIpc) is 0. The number of rotatable bonds is 0. The van der Waals surface area contributed by atoms with Gasteiger partial charge in [-0.1, -0.05) is 22.3 Å². The van der Waals surface area contributed by atoms with E-state index >= 15 is 0 Å². The average molecular weight is 316 g/mol. The first kappa shape index (κ1) is 353. The molecule has 0 aromatic heterocycles. The molecule has 0 fully saturated rings. The van der Waals surface area contributed by atoms with Crippen LogP contribution in [0.15, 0.2) is 0 Å².